The summed E-state index contributed by atoms with van der Waals surface area (Å²) in [5, 5.41) is 10.2. The third kappa shape index (κ3) is 4.03. The van der Waals surface area contributed by atoms with Crippen molar-refractivity contribution in [2.45, 2.75) is 6.42 Å². The van der Waals surface area contributed by atoms with Crippen molar-refractivity contribution < 1.29 is 18.6 Å². The Bertz CT molecular complexity index is 1160. The summed E-state index contributed by atoms with van der Waals surface area (Å²) in [6.45, 7) is 0.109. The number of nitrogens with one attached hydrogen (secondary N) is 1. The van der Waals surface area contributed by atoms with E-state index in [9.17, 15) is 14.0 Å². The van der Waals surface area contributed by atoms with Gasteiger partial charge in [-0.1, -0.05) is 48.2 Å². The van der Waals surface area contributed by atoms with Crippen molar-refractivity contribution in [3.63, 3.8) is 0 Å². The number of hydrogen-bond donors (Lipinski definition) is 1. The van der Waals surface area contributed by atoms with E-state index in [2.05, 4.69) is 20.3 Å². The fourth-order valence-corrected chi connectivity index (χ4v) is 4.06. The fraction of sp³-hybridized carbons (Fsp3) is 0.105. The number of carbonyl (C=O) groups excluding carboxylic acids is 2. The lowest BCUT2D eigenvalue weighted by Crippen LogP contribution is -2.31. The molecule has 0 radical (unpaired) electrons. The maximum atomic E-state index is 13.8. The second-order valence-corrected chi connectivity index (χ2v) is 7.77. The zero-order valence-corrected chi connectivity index (χ0v) is 16.4. The lowest BCUT2D eigenvalue weighted by atomic mass is 10.2. The van der Waals surface area contributed by atoms with Gasteiger partial charge >= 0.3 is 0 Å². The van der Waals surface area contributed by atoms with Crippen LogP contribution in [0.25, 0.3) is 17.1 Å². The highest BCUT2D eigenvalue weighted by molar-refractivity contribution is 8.26. The topological polar surface area (TPSA) is 88.3 Å². The average molecular weight is 428 g/mol. The predicted molar refractivity (Wildman–Crippen MR) is 111 cm³/mol. The minimum absolute atomic E-state index is 0.0289. The van der Waals surface area contributed by atoms with Crippen LogP contribution in [0.4, 0.5) is 10.1 Å². The summed E-state index contributed by atoms with van der Waals surface area (Å²) in [5.74, 6) is -1.08. The maximum absolute atomic E-state index is 13.8. The van der Waals surface area contributed by atoms with Crippen molar-refractivity contribution in [1.29, 1.82) is 0 Å². The van der Waals surface area contributed by atoms with Gasteiger partial charge < -0.3 is 5.32 Å². The Kier molecular flexibility index (Phi) is 5.36. The van der Waals surface area contributed by atoms with E-state index in [4.69, 9.17) is 12.2 Å². The highest BCUT2D eigenvalue weighted by Crippen LogP contribution is 2.33. The van der Waals surface area contributed by atoms with E-state index >= 15 is 0 Å². The lowest BCUT2D eigenvalue weighted by molar-refractivity contribution is -0.122. The molecule has 0 bridgehead atoms. The normalized spacial score (nSPS) is 15.5. The number of nitrogens with zero attached hydrogens (tertiary/aromatic N) is 3. The molecule has 1 fully saturated rings. The summed E-state index contributed by atoms with van der Waals surface area (Å²) >= 11 is 6.33. The van der Waals surface area contributed by atoms with Crippen LogP contribution in [0.5, 0.6) is 0 Å². The molecule has 2 heterocycles. The second-order valence-electron chi connectivity index (χ2n) is 6.09. The van der Waals surface area contributed by atoms with Crippen LogP contribution < -0.4 is 5.32 Å². The Balaban J connectivity index is 1.41. The fourth-order valence-electron chi connectivity index (χ4n) is 2.76. The molecule has 1 N–H and O–H groups in total. The molecule has 146 valence electrons. The van der Waals surface area contributed by atoms with Crippen molar-refractivity contribution in [3.8, 4) is 0 Å². The van der Waals surface area contributed by atoms with Crippen LogP contribution in [0.3, 0.4) is 0 Å². The molecular formula is C19H13FN4O3S2. The number of thioether (sulfide) groups is 1. The Morgan fingerprint density at radius 1 is 1.24 bits per heavy atom. The summed E-state index contributed by atoms with van der Waals surface area (Å²) in [4.78, 5) is 26.6. The van der Waals surface area contributed by atoms with E-state index in [1.807, 2.05) is 0 Å². The second kappa shape index (κ2) is 8.10. The number of rotatable bonds is 5. The zero-order valence-electron chi connectivity index (χ0n) is 14.8. The Morgan fingerprint density at radius 2 is 2.07 bits per heavy atom. The van der Waals surface area contributed by atoms with Crippen LogP contribution in [-0.4, -0.2) is 37.9 Å². The summed E-state index contributed by atoms with van der Waals surface area (Å²) in [6, 6.07) is 11.3. The lowest BCUT2D eigenvalue weighted by Gasteiger charge is -2.14. The first-order chi connectivity index (χ1) is 14.0. The number of aromatic nitrogens is 2. The summed E-state index contributed by atoms with van der Waals surface area (Å²) in [6.07, 6.45) is 1.49. The molecule has 29 heavy (non-hydrogen) atoms. The van der Waals surface area contributed by atoms with Gasteiger partial charge in [0.1, 0.15) is 15.7 Å². The van der Waals surface area contributed by atoms with Crippen LogP contribution in [-0.2, 0) is 9.59 Å². The van der Waals surface area contributed by atoms with Gasteiger partial charge in [-0.2, -0.15) is 0 Å². The molecule has 2 aromatic carbocycles. The van der Waals surface area contributed by atoms with Crippen molar-refractivity contribution in [2.24, 2.45) is 0 Å². The highest BCUT2D eigenvalue weighted by atomic mass is 32.2. The molecule has 0 saturated carbocycles. The smallest absolute Gasteiger partial charge is 0.266 e. The third-order valence-corrected chi connectivity index (χ3v) is 5.57. The maximum Gasteiger partial charge on any atom is 0.266 e. The van der Waals surface area contributed by atoms with Gasteiger partial charge in [-0.25, -0.2) is 9.02 Å². The molecule has 0 aliphatic carbocycles. The number of hydrogen-bond acceptors (Lipinski definition) is 7. The molecule has 2 amide bonds. The summed E-state index contributed by atoms with van der Waals surface area (Å²) in [7, 11) is 0. The first kappa shape index (κ1) is 19.2. The SMILES string of the molecule is O=C(CCN1C(=O)/C(=C/c2ccccc2F)SC1=S)Nc1cccc2nonc12. The van der Waals surface area contributed by atoms with Crippen LogP contribution >= 0.6 is 24.0 Å². The Morgan fingerprint density at radius 3 is 2.90 bits per heavy atom. The van der Waals surface area contributed by atoms with Crippen LogP contribution in [0, 0.1) is 5.82 Å². The van der Waals surface area contributed by atoms with Gasteiger partial charge in [-0.15, -0.1) is 0 Å². The van der Waals surface area contributed by atoms with Crippen LogP contribution in [0.2, 0.25) is 0 Å². The number of carbonyl (C=O) groups is 2. The van der Waals surface area contributed by atoms with Crippen molar-refractivity contribution >= 4 is 62.9 Å². The van der Waals surface area contributed by atoms with Gasteiger partial charge in [0.15, 0.2) is 5.52 Å². The zero-order chi connectivity index (χ0) is 20.4. The molecular weight excluding hydrogens is 415 g/mol. The van der Waals surface area contributed by atoms with E-state index in [0.29, 0.717) is 31.5 Å². The molecule has 1 aliphatic rings. The summed E-state index contributed by atoms with van der Waals surface area (Å²) in [5.41, 5.74) is 1.75. The van der Waals surface area contributed by atoms with Gasteiger partial charge in [0.05, 0.1) is 10.6 Å². The minimum atomic E-state index is -0.423. The third-order valence-electron chi connectivity index (χ3n) is 4.19. The molecule has 1 saturated heterocycles. The molecule has 10 heteroatoms. The molecule has 1 aromatic heterocycles. The molecule has 1 aliphatic heterocycles. The van der Waals surface area contributed by atoms with Gasteiger partial charge in [-0.05, 0) is 34.6 Å². The van der Waals surface area contributed by atoms with Gasteiger partial charge in [0.25, 0.3) is 5.91 Å². The van der Waals surface area contributed by atoms with Gasteiger partial charge in [0, 0.05) is 18.5 Å². The predicted octanol–water partition coefficient (Wildman–Crippen LogP) is 3.59. The number of halogens is 1. The first-order valence-electron chi connectivity index (χ1n) is 8.54. The van der Waals surface area contributed by atoms with E-state index < -0.39 is 5.82 Å². The molecule has 3 aromatic rings. The Labute approximate surface area is 173 Å². The first-order valence-corrected chi connectivity index (χ1v) is 9.76. The van der Waals surface area contributed by atoms with E-state index in [1.54, 1.807) is 36.4 Å². The van der Waals surface area contributed by atoms with E-state index in [1.165, 1.54) is 17.0 Å². The average Bonchev–Trinajstić information content (AvgIpc) is 3.28. The van der Waals surface area contributed by atoms with Gasteiger partial charge in [-0.3, -0.25) is 14.5 Å². The number of fused-ring (bicyclic) bond motifs is 1. The van der Waals surface area contributed by atoms with E-state index in [0.717, 1.165) is 11.8 Å². The van der Waals surface area contributed by atoms with E-state index in [-0.39, 0.29) is 24.8 Å². The minimum Gasteiger partial charge on any atom is -0.324 e. The molecule has 0 unspecified atom stereocenters. The number of amides is 2. The highest BCUT2D eigenvalue weighted by Gasteiger charge is 2.32. The molecule has 0 spiro atoms. The number of thiocarbonyl (C=S) groups is 1. The largest absolute Gasteiger partial charge is 0.324 e. The number of anilines is 1. The summed E-state index contributed by atoms with van der Waals surface area (Å²) < 4.78 is 18.8. The molecule has 4 rings (SSSR count). The van der Waals surface area contributed by atoms with Crippen molar-refractivity contribution in [1.82, 2.24) is 15.2 Å². The van der Waals surface area contributed by atoms with Crippen molar-refractivity contribution in [2.75, 3.05) is 11.9 Å². The quantitative estimate of drug-likeness (QED) is 0.491. The standard InChI is InChI=1S/C19H13FN4O3S2/c20-12-5-2-1-4-11(12)10-15-18(26)24(19(28)29-15)9-8-16(25)21-13-6-3-7-14-17(13)23-27-22-14/h1-7,10H,8-9H2,(H,21,25)/b15-10-. The Hall–Kier alpha value is -3.11. The van der Waals surface area contributed by atoms with Gasteiger partial charge in [0.2, 0.25) is 5.91 Å². The number of benzene rings is 2. The monoisotopic (exact) mass is 428 g/mol. The molecule has 0 atom stereocenters. The van der Waals surface area contributed by atoms with Crippen LogP contribution in [0.15, 0.2) is 52.0 Å². The van der Waals surface area contributed by atoms with Crippen molar-refractivity contribution in [3.05, 3.63) is 58.8 Å². The molecule has 7 nitrogen and oxygen atoms in total. The van der Waals surface area contributed by atoms with Crippen LogP contribution in [0.1, 0.15) is 12.0 Å².